The number of phenolic OH excluding ortho intramolecular Hbond substituents is 1. The van der Waals surface area contributed by atoms with Gasteiger partial charge in [0.25, 0.3) is 0 Å². The first-order chi connectivity index (χ1) is 38.2. The highest BCUT2D eigenvalue weighted by Crippen LogP contribution is 2.66. The van der Waals surface area contributed by atoms with Gasteiger partial charge in [-0.15, -0.1) is 0 Å². The molecule has 7 atom stereocenters. The lowest BCUT2D eigenvalue weighted by molar-refractivity contribution is -0.179. The predicted octanol–water partition coefficient (Wildman–Crippen LogP) is 5.74. The smallest absolute Gasteiger partial charge is 0.329 e. The highest BCUT2D eigenvalue weighted by molar-refractivity contribution is 6.25. The molecule has 5 aliphatic rings. The minimum absolute atomic E-state index is 0.0293. The average Bonchev–Trinajstić information content (AvgIpc) is 3.17. The third kappa shape index (κ3) is 9.75. The number of aromatic hydroxyl groups is 1. The molecule has 4 amide bonds. The van der Waals surface area contributed by atoms with Gasteiger partial charge in [-0.2, -0.15) is 0 Å². The molecule has 1 spiro atoms. The van der Waals surface area contributed by atoms with Crippen LogP contribution in [0, 0.1) is 29.6 Å². The molecule has 3 saturated heterocycles. The number of cyclic esters (lactones) is 1. The molecule has 5 aromatic rings. The van der Waals surface area contributed by atoms with Crippen LogP contribution < -0.4 is 19.7 Å². The van der Waals surface area contributed by atoms with Crippen molar-refractivity contribution in [2.75, 3.05) is 59.2 Å². The Hall–Kier alpha value is -8.73. The summed E-state index contributed by atoms with van der Waals surface area (Å²) in [5.74, 6) is -1.16. The Bertz CT molecular complexity index is 3230. The van der Waals surface area contributed by atoms with E-state index in [-0.39, 0.29) is 48.9 Å². The standard InChI is InChI=1S/C60H59N5O14/c1-35(2)48(56(70)76-5)61-59(73)64-44-25-19-36(13-12-18-42(54(68)74-3)55(69)75-4)31-43(44)60(58(64)72)47(53(67)63-29-27-62(28-30-63)33-37-20-26-45-46(32-37)78-34-77-45)50-57(71)79-51(39-16-10-7-11-17-39)49(38-14-8-6-9-15-38)65(50)52(60)40-21-23-41(66)24-22-40/h6-11,14-17,19-26,31-32,35,42,47-52,66H,18,27-30,33-34H2,1-5H3,(H,61,73)/t47-,48-,49-,50-,51+,52+,60-/m0/s1. The molecule has 408 valence electrons. The van der Waals surface area contributed by atoms with Crippen LogP contribution in [0.1, 0.15) is 71.8 Å². The van der Waals surface area contributed by atoms with Crippen molar-refractivity contribution >= 4 is 47.4 Å². The van der Waals surface area contributed by atoms with Crippen LogP contribution in [-0.4, -0.2) is 128 Å². The van der Waals surface area contributed by atoms with Crippen molar-refractivity contribution in [2.24, 2.45) is 17.8 Å². The van der Waals surface area contributed by atoms with Crippen LogP contribution in [0.5, 0.6) is 17.2 Å². The van der Waals surface area contributed by atoms with E-state index in [1.165, 1.54) is 25.3 Å². The maximum absolute atomic E-state index is 16.9. The zero-order valence-electron chi connectivity index (χ0n) is 44.2. The number of methoxy groups -OCH3 is 3. The number of nitrogens with one attached hydrogen (secondary N) is 1. The van der Waals surface area contributed by atoms with Gasteiger partial charge >= 0.3 is 29.9 Å². The lowest BCUT2D eigenvalue weighted by Gasteiger charge is -2.46. The second-order valence-corrected chi connectivity index (χ2v) is 20.3. The number of piperazine rings is 1. The molecule has 0 bridgehead atoms. The zero-order valence-corrected chi connectivity index (χ0v) is 44.2. The molecular formula is C60H59N5O14. The lowest BCUT2D eigenvalue weighted by Crippen LogP contribution is -2.59. The largest absolute Gasteiger partial charge is 0.508 e. The molecule has 0 unspecified atom stereocenters. The molecule has 19 heteroatoms. The van der Waals surface area contributed by atoms with Crippen molar-refractivity contribution in [1.82, 2.24) is 20.0 Å². The summed E-state index contributed by atoms with van der Waals surface area (Å²) in [6.45, 7) is 5.25. The van der Waals surface area contributed by atoms with Crippen LogP contribution in [-0.2, 0) is 59.7 Å². The summed E-state index contributed by atoms with van der Waals surface area (Å²) in [4.78, 5) is 110. The highest BCUT2D eigenvalue weighted by atomic mass is 16.7. The Morgan fingerprint density at radius 2 is 1.38 bits per heavy atom. The second kappa shape index (κ2) is 22.3. The fraction of sp³-hybridized carbons (Fsp3) is 0.350. The van der Waals surface area contributed by atoms with Gasteiger partial charge in [-0.3, -0.25) is 33.8 Å². The number of nitrogens with zero attached hydrogens (tertiary/aromatic N) is 4. The van der Waals surface area contributed by atoms with Gasteiger partial charge in [0, 0.05) is 44.7 Å². The fourth-order valence-corrected chi connectivity index (χ4v) is 11.9. The Morgan fingerprint density at radius 1 is 0.734 bits per heavy atom. The van der Waals surface area contributed by atoms with E-state index in [9.17, 15) is 19.5 Å². The normalized spacial score (nSPS) is 22.6. The van der Waals surface area contributed by atoms with Gasteiger partial charge in [0.05, 0.1) is 45.0 Å². The zero-order chi connectivity index (χ0) is 55.7. The van der Waals surface area contributed by atoms with Crippen LogP contribution in [0.4, 0.5) is 10.5 Å². The summed E-state index contributed by atoms with van der Waals surface area (Å²) >= 11 is 0. The first kappa shape index (κ1) is 53.7. The first-order valence-electron chi connectivity index (χ1n) is 26.0. The number of fused-ring (bicyclic) bond motifs is 4. The molecule has 5 aromatic carbocycles. The third-order valence-corrected chi connectivity index (χ3v) is 15.6. The summed E-state index contributed by atoms with van der Waals surface area (Å²) in [6, 6.07) is 29.1. The number of phenols is 1. The number of urea groups is 1. The number of imide groups is 1. The van der Waals surface area contributed by atoms with Crippen molar-refractivity contribution in [3.05, 3.63) is 155 Å². The Balaban J connectivity index is 1.19. The molecule has 5 heterocycles. The van der Waals surface area contributed by atoms with Crippen LogP contribution >= 0.6 is 0 Å². The summed E-state index contributed by atoms with van der Waals surface area (Å²) in [7, 11) is 3.46. The lowest BCUT2D eigenvalue weighted by atomic mass is 9.64. The quantitative estimate of drug-likeness (QED) is 0.0658. The molecule has 79 heavy (non-hydrogen) atoms. The molecular weight excluding hydrogens is 1010 g/mol. The number of rotatable bonds is 12. The number of amides is 4. The fourth-order valence-electron chi connectivity index (χ4n) is 11.9. The van der Waals surface area contributed by atoms with Crippen LogP contribution in [0.3, 0.4) is 0 Å². The first-order valence-corrected chi connectivity index (χ1v) is 26.0. The minimum atomic E-state index is -2.20. The number of hydrogen-bond donors (Lipinski definition) is 2. The van der Waals surface area contributed by atoms with Gasteiger partial charge in [0.1, 0.15) is 29.4 Å². The number of anilines is 1. The number of hydrogen-bond acceptors (Lipinski definition) is 16. The van der Waals surface area contributed by atoms with Crippen molar-refractivity contribution in [1.29, 1.82) is 0 Å². The number of carbonyl (C=O) groups excluding carboxylic acids is 7. The molecule has 3 fully saturated rings. The topological polar surface area (TPSA) is 220 Å². The maximum Gasteiger partial charge on any atom is 0.329 e. The van der Waals surface area contributed by atoms with Crippen LogP contribution in [0.2, 0.25) is 0 Å². The highest BCUT2D eigenvalue weighted by Gasteiger charge is 2.76. The second-order valence-electron chi connectivity index (χ2n) is 20.3. The molecule has 0 saturated carbocycles. The summed E-state index contributed by atoms with van der Waals surface area (Å²) in [6.07, 6.45) is -1.33. The van der Waals surface area contributed by atoms with E-state index in [4.69, 9.17) is 28.4 Å². The average molecular weight is 1070 g/mol. The van der Waals surface area contributed by atoms with Gasteiger partial charge in [-0.05, 0) is 76.2 Å². The molecule has 2 N–H and O–H groups in total. The van der Waals surface area contributed by atoms with Crippen molar-refractivity contribution in [2.45, 2.75) is 62.5 Å². The number of ether oxygens (including phenoxy) is 6. The van der Waals surface area contributed by atoms with Gasteiger partial charge in [0.2, 0.25) is 18.6 Å². The molecule has 19 nitrogen and oxygen atoms in total. The van der Waals surface area contributed by atoms with E-state index in [0.29, 0.717) is 47.8 Å². The van der Waals surface area contributed by atoms with Crippen LogP contribution in [0.25, 0.3) is 0 Å². The van der Waals surface area contributed by atoms with E-state index in [1.54, 1.807) is 43.0 Å². The Kier molecular flexibility index (Phi) is 15.2. The number of esters is 4. The SMILES string of the molecule is COC(=O)C(CC#Cc1ccc2c(c1)[C@]1(C(=O)N2C(=O)N[C@H](C(=O)OC)C(C)C)[C@H](C(=O)N2CCN(Cc3ccc4c(c3)OCO4)CC2)[C@H]2C(=O)O[C@H](c3ccccc3)[C@H](c3ccccc3)N2[C@@H]1c1ccc(O)cc1)C(=O)OC. The Labute approximate surface area is 456 Å². The Morgan fingerprint density at radius 3 is 2.03 bits per heavy atom. The molecule has 10 rings (SSSR count). The van der Waals surface area contributed by atoms with Crippen molar-refractivity contribution in [3.63, 3.8) is 0 Å². The molecule has 0 aromatic heterocycles. The molecule has 0 radical (unpaired) electrons. The van der Waals surface area contributed by atoms with Crippen molar-refractivity contribution in [3.8, 4) is 29.1 Å². The molecule has 5 aliphatic heterocycles. The van der Waals surface area contributed by atoms with E-state index in [2.05, 4.69) is 22.1 Å². The van der Waals surface area contributed by atoms with E-state index < -0.39 is 95.2 Å². The molecule has 0 aliphatic carbocycles. The van der Waals surface area contributed by atoms with E-state index >= 15 is 19.2 Å². The van der Waals surface area contributed by atoms with Gasteiger partial charge in [-0.1, -0.05) is 105 Å². The number of carbonyl (C=O) groups is 7. The van der Waals surface area contributed by atoms with Crippen molar-refractivity contribution < 1.29 is 67.1 Å². The van der Waals surface area contributed by atoms with Crippen LogP contribution in [0.15, 0.2) is 121 Å². The summed E-state index contributed by atoms with van der Waals surface area (Å²) in [5.41, 5.74) is 0.899. The van der Waals surface area contributed by atoms with E-state index in [0.717, 1.165) is 24.7 Å². The monoisotopic (exact) mass is 1070 g/mol. The number of benzene rings is 5. The minimum Gasteiger partial charge on any atom is -0.508 e. The number of morpholine rings is 1. The van der Waals surface area contributed by atoms with Gasteiger partial charge in [0.15, 0.2) is 17.4 Å². The van der Waals surface area contributed by atoms with Gasteiger partial charge < -0.3 is 43.7 Å². The third-order valence-electron chi connectivity index (χ3n) is 15.6. The predicted molar refractivity (Wildman–Crippen MR) is 283 cm³/mol. The van der Waals surface area contributed by atoms with Gasteiger partial charge in [-0.25, -0.2) is 14.5 Å². The van der Waals surface area contributed by atoms with E-state index in [1.807, 2.05) is 83.8 Å². The summed E-state index contributed by atoms with van der Waals surface area (Å²) < 4.78 is 32.7. The summed E-state index contributed by atoms with van der Waals surface area (Å²) in [5, 5.41) is 13.6. The maximum atomic E-state index is 16.9.